The number of pyridine rings is 1. The molecule has 0 saturated carbocycles. The van der Waals surface area contributed by atoms with Gasteiger partial charge in [-0.05, 0) is 35.9 Å². The molecular formula is C21H17ClN2O. The zero-order valence-corrected chi connectivity index (χ0v) is 14.5. The highest BCUT2D eigenvalue weighted by atomic mass is 35.5. The van der Waals surface area contributed by atoms with Gasteiger partial charge in [0.1, 0.15) is 0 Å². The van der Waals surface area contributed by atoms with Gasteiger partial charge in [0, 0.05) is 46.9 Å². The predicted molar refractivity (Wildman–Crippen MR) is 103 cm³/mol. The van der Waals surface area contributed by atoms with Crippen LogP contribution < -0.4 is 5.56 Å². The van der Waals surface area contributed by atoms with Crippen molar-refractivity contribution in [3.63, 3.8) is 0 Å². The first kappa shape index (κ1) is 15.7. The highest BCUT2D eigenvalue weighted by molar-refractivity contribution is 6.30. The minimum atomic E-state index is 0.0169. The van der Waals surface area contributed by atoms with Gasteiger partial charge in [0.25, 0.3) is 5.56 Å². The maximum atomic E-state index is 13.1. The van der Waals surface area contributed by atoms with Crippen LogP contribution in [0.5, 0.6) is 0 Å². The lowest BCUT2D eigenvalue weighted by Crippen LogP contribution is -2.23. The fraction of sp³-hybridized carbons (Fsp3) is 0.0952. The Hall–Kier alpha value is -2.78. The molecular weight excluding hydrogens is 332 g/mol. The summed E-state index contributed by atoms with van der Waals surface area (Å²) >= 11 is 6.22. The number of hydrogen-bond donors (Lipinski definition) is 1. The number of rotatable bonds is 3. The third kappa shape index (κ3) is 2.77. The van der Waals surface area contributed by atoms with Gasteiger partial charge in [-0.25, -0.2) is 0 Å². The van der Waals surface area contributed by atoms with Crippen molar-refractivity contribution in [1.29, 1.82) is 0 Å². The Kier molecular flexibility index (Phi) is 3.94. The van der Waals surface area contributed by atoms with Gasteiger partial charge in [-0.15, -0.1) is 0 Å². The second-order valence-corrected chi connectivity index (χ2v) is 6.55. The summed E-state index contributed by atoms with van der Waals surface area (Å²) in [5.41, 5.74) is 4.63. The first-order chi connectivity index (χ1) is 12.1. The second kappa shape index (κ2) is 6.26. The Balaban J connectivity index is 2.09. The van der Waals surface area contributed by atoms with E-state index in [4.69, 9.17) is 11.6 Å². The summed E-state index contributed by atoms with van der Waals surface area (Å²) in [5, 5.41) is 1.71. The average molecular weight is 349 g/mol. The van der Waals surface area contributed by atoms with E-state index in [0.717, 1.165) is 33.3 Å². The number of halogens is 1. The smallest absolute Gasteiger partial charge is 0.254 e. The summed E-state index contributed by atoms with van der Waals surface area (Å²) in [5.74, 6) is 0. The molecule has 2 heterocycles. The van der Waals surface area contributed by atoms with Crippen LogP contribution in [0.1, 0.15) is 11.3 Å². The molecule has 25 heavy (non-hydrogen) atoms. The summed E-state index contributed by atoms with van der Waals surface area (Å²) in [7, 11) is 1.82. The van der Waals surface area contributed by atoms with Gasteiger partial charge in [0.15, 0.2) is 0 Å². The lowest BCUT2D eigenvalue weighted by molar-refractivity contribution is 0.880. The van der Waals surface area contributed by atoms with Crippen molar-refractivity contribution in [3.8, 4) is 11.1 Å². The van der Waals surface area contributed by atoms with Crippen molar-refractivity contribution in [2.75, 3.05) is 0 Å². The van der Waals surface area contributed by atoms with Crippen molar-refractivity contribution in [1.82, 2.24) is 9.55 Å². The lowest BCUT2D eigenvalue weighted by atomic mass is 9.93. The molecule has 4 aromatic rings. The number of aryl methyl sites for hydroxylation is 1. The molecule has 4 rings (SSSR count). The first-order valence-electron chi connectivity index (χ1n) is 8.14. The molecule has 0 atom stereocenters. The molecule has 0 saturated heterocycles. The highest BCUT2D eigenvalue weighted by Gasteiger charge is 2.17. The number of H-pyrrole nitrogens is 1. The van der Waals surface area contributed by atoms with E-state index >= 15 is 0 Å². The Morgan fingerprint density at radius 1 is 1.04 bits per heavy atom. The molecule has 0 amide bonds. The monoisotopic (exact) mass is 348 g/mol. The number of para-hydroxylation sites is 1. The van der Waals surface area contributed by atoms with Gasteiger partial charge in [0.05, 0.1) is 5.52 Å². The fourth-order valence-electron chi connectivity index (χ4n) is 3.36. The van der Waals surface area contributed by atoms with E-state index in [1.807, 2.05) is 67.8 Å². The Morgan fingerprint density at radius 3 is 2.64 bits per heavy atom. The van der Waals surface area contributed by atoms with Crippen molar-refractivity contribution in [3.05, 3.63) is 93.5 Å². The molecule has 0 spiro atoms. The second-order valence-electron chi connectivity index (χ2n) is 6.12. The molecule has 2 aromatic heterocycles. The quantitative estimate of drug-likeness (QED) is 0.568. The molecule has 4 heteroatoms. The Morgan fingerprint density at radius 2 is 1.88 bits per heavy atom. The topological polar surface area (TPSA) is 37.8 Å². The van der Waals surface area contributed by atoms with Crippen LogP contribution >= 0.6 is 11.6 Å². The van der Waals surface area contributed by atoms with E-state index in [0.29, 0.717) is 11.4 Å². The lowest BCUT2D eigenvalue weighted by Gasteiger charge is -2.16. The SMILES string of the molecule is Cn1c(=O)c(Cc2ccc[nH]2)c(-c2cccc(Cl)c2)c2ccccc21. The summed E-state index contributed by atoms with van der Waals surface area (Å²) in [6.45, 7) is 0. The number of fused-ring (bicyclic) bond motifs is 1. The van der Waals surface area contributed by atoms with Gasteiger partial charge >= 0.3 is 0 Å². The Bertz CT molecular complexity index is 1110. The molecule has 0 fully saturated rings. The van der Waals surface area contributed by atoms with Gasteiger partial charge in [-0.1, -0.05) is 41.9 Å². The maximum Gasteiger partial charge on any atom is 0.254 e. The average Bonchev–Trinajstić information content (AvgIpc) is 3.13. The maximum absolute atomic E-state index is 13.1. The number of hydrogen-bond acceptors (Lipinski definition) is 1. The van der Waals surface area contributed by atoms with Crippen molar-refractivity contribution >= 4 is 22.5 Å². The van der Waals surface area contributed by atoms with Gasteiger partial charge in [0.2, 0.25) is 0 Å². The molecule has 3 nitrogen and oxygen atoms in total. The largest absolute Gasteiger partial charge is 0.365 e. The normalized spacial score (nSPS) is 11.1. The molecule has 1 N–H and O–H groups in total. The van der Waals surface area contributed by atoms with Crippen molar-refractivity contribution < 1.29 is 0 Å². The van der Waals surface area contributed by atoms with Crippen LogP contribution in [0, 0.1) is 0 Å². The molecule has 0 radical (unpaired) electrons. The van der Waals surface area contributed by atoms with Crippen LogP contribution in [0.4, 0.5) is 0 Å². The van der Waals surface area contributed by atoms with Gasteiger partial charge < -0.3 is 9.55 Å². The zero-order chi connectivity index (χ0) is 17.4. The van der Waals surface area contributed by atoms with E-state index < -0.39 is 0 Å². The predicted octanol–water partition coefficient (Wildman–Crippen LogP) is 4.78. The van der Waals surface area contributed by atoms with Crippen LogP contribution in [0.3, 0.4) is 0 Å². The van der Waals surface area contributed by atoms with E-state index in [-0.39, 0.29) is 5.56 Å². The van der Waals surface area contributed by atoms with E-state index in [2.05, 4.69) is 11.1 Å². The van der Waals surface area contributed by atoms with E-state index in [1.54, 1.807) is 4.57 Å². The van der Waals surface area contributed by atoms with E-state index in [9.17, 15) is 4.79 Å². The first-order valence-corrected chi connectivity index (χ1v) is 8.52. The number of aromatic amines is 1. The third-order valence-corrected chi connectivity index (χ3v) is 4.78. The molecule has 0 bridgehead atoms. The molecule has 124 valence electrons. The molecule has 0 aliphatic heterocycles. The molecule has 2 aromatic carbocycles. The summed E-state index contributed by atoms with van der Waals surface area (Å²) in [4.78, 5) is 16.3. The summed E-state index contributed by atoms with van der Waals surface area (Å²) in [6, 6.07) is 19.6. The summed E-state index contributed by atoms with van der Waals surface area (Å²) in [6.07, 6.45) is 2.42. The number of nitrogens with one attached hydrogen (secondary N) is 1. The van der Waals surface area contributed by atoms with Crippen molar-refractivity contribution in [2.24, 2.45) is 7.05 Å². The molecule has 0 aliphatic carbocycles. The van der Waals surface area contributed by atoms with Crippen molar-refractivity contribution in [2.45, 2.75) is 6.42 Å². The molecule has 0 aliphatic rings. The van der Waals surface area contributed by atoms with Crippen LogP contribution in [0.25, 0.3) is 22.0 Å². The van der Waals surface area contributed by atoms with Gasteiger partial charge in [-0.3, -0.25) is 4.79 Å². The third-order valence-electron chi connectivity index (χ3n) is 4.54. The van der Waals surface area contributed by atoms with Crippen LogP contribution in [0.15, 0.2) is 71.7 Å². The standard InChI is InChI=1S/C21H17ClN2O/c1-24-19-10-3-2-9-17(19)20(14-6-4-7-15(22)12-14)18(21(24)25)13-16-8-5-11-23-16/h2-12,23H,13H2,1H3. The minimum Gasteiger partial charge on any atom is -0.365 e. The Labute approximate surface area is 150 Å². The van der Waals surface area contributed by atoms with Gasteiger partial charge in [-0.2, -0.15) is 0 Å². The van der Waals surface area contributed by atoms with Crippen LogP contribution in [-0.4, -0.2) is 9.55 Å². The minimum absolute atomic E-state index is 0.0169. The number of nitrogens with zero attached hydrogens (tertiary/aromatic N) is 1. The van der Waals surface area contributed by atoms with Crippen LogP contribution in [0.2, 0.25) is 5.02 Å². The zero-order valence-electron chi connectivity index (χ0n) is 13.8. The number of aromatic nitrogens is 2. The summed E-state index contributed by atoms with van der Waals surface area (Å²) < 4.78 is 1.72. The van der Waals surface area contributed by atoms with Crippen LogP contribution in [-0.2, 0) is 13.5 Å². The number of benzene rings is 2. The highest BCUT2D eigenvalue weighted by Crippen LogP contribution is 2.32. The fourth-order valence-corrected chi connectivity index (χ4v) is 3.55. The molecule has 0 unspecified atom stereocenters. The van der Waals surface area contributed by atoms with E-state index in [1.165, 1.54) is 0 Å².